The molecule has 0 radical (unpaired) electrons. The molecular weight excluding hydrogens is 476 g/mol. The molecule has 1 atom stereocenters. The lowest BCUT2D eigenvalue weighted by atomic mass is 10.1. The number of carbonyl (C=O) groups excluding carboxylic acids is 2. The van der Waals surface area contributed by atoms with Crippen molar-refractivity contribution in [3.05, 3.63) is 29.3 Å². The van der Waals surface area contributed by atoms with Crippen molar-refractivity contribution in [1.29, 1.82) is 0 Å². The van der Waals surface area contributed by atoms with Crippen LogP contribution < -0.4 is 26.8 Å². The summed E-state index contributed by atoms with van der Waals surface area (Å²) in [5.74, 6) is 1.94. The molecule has 0 aromatic heterocycles. The fourth-order valence-electron chi connectivity index (χ4n) is 3.22. The van der Waals surface area contributed by atoms with Gasteiger partial charge in [0.15, 0.2) is 0 Å². The van der Waals surface area contributed by atoms with Crippen LogP contribution in [-0.2, 0) is 21.1 Å². The molecule has 0 fully saturated rings. The van der Waals surface area contributed by atoms with Crippen molar-refractivity contribution in [3.8, 4) is 5.75 Å². The largest absolute Gasteiger partial charge is 0.492 e. The SMILES string of the molecule is CSC(N)(CCCCN)C(=O)NCCCCCC(=O)NCCOc1ccc(CS)c(CS)c1. The zero-order valence-corrected chi connectivity index (χ0v) is 22.2. The van der Waals surface area contributed by atoms with Crippen molar-refractivity contribution >= 4 is 48.8 Å². The van der Waals surface area contributed by atoms with Crippen molar-refractivity contribution in [2.24, 2.45) is 11.5 Å². The van der Waals surface area contributed by atoms with E-state index in [0.717, 1.165) is 49.0 Å². The summed E-state index contributed by atoms with van der Waals surface area (Å²) in [6.45, 7) is 2.03. The first-order chi connectivity index (χ1) is 15.9. The van der Waals surface area contributed by atoms with Gasteiger partial charge in [-0.05, 0) is 68.2 Å². The second-order valence-corrected chi connectivity index (χ2v) is 9.62. The summed E-state index contributed by atoms with van der Waals surface area (Å²) >= 11 is 10.0. The van der Waals surface area contributed by atoms with Gasteiger partial charge in [0.05, 0.1) is 6.54 Å². The lowest BCUT2D eigenvalue weighted by molar-refractivity contribution is -0.124. The van der Waals surface area contributed by atoms with E-state index in [1.165, 1.54) is 11.8 Å². The van der Waals surface area contributed by atoms with Gasteiger partial charge in [-0.2, -0.15) is 25.3 Å². The minimum atomic E-state index is -0.903. The third-order valence-corrected chi connectivity index (χ3v) is 7.13. The van der Waals surface area contributed by atoms with Crippen LogP contribution in [0.1, 0.15) is 56.1 Å². The van der Waals surface area contributed by atoms with Gasteiger partial charge in [-0.3, -0.25) is 9.59 Å². The standard InChI is InChI=1S/C23H40N4O3S3/c1-33-23(25,10-4-5-11-24)22(29)27-12-6-2-3-7-21(28)26-13-14-30-20-9-8-18(16-31)19(15-20)17-32/h8-9,15,31-32H,2-7,10-14,16-17,24-25H2,1H3,(H,26,28)(H,27,29). The van der Waals surface area contributed by atoms with Crippen LogP contribution in [0.25, 0.3) is 0 Å². The van der Waals surface area contributed by atoms with Crippen molar-refractivity contribution < 1.29 is 14.3 Å². The maximum Gasteiger partial charge on any atom is 0.250 e. The summed E-state index contributed by atoms with van der Waals surface area (Å²) in [5, 5.41) is 5.80. The van der Waals surface area contributed by atoms with E-state index in [9.17, 15) is 9.59 Å². The summed E-state index contributed by atoms with van der Waals surface area (Å²) in [6.07, 6.45) is 7.05. The summed E-state index contributed by atoms with van der Waals surface area (Å²) in [7, 11) is 0. The summed E-state index contributed by atoms with van der Waals surface area (Å²) in [6, 6.07) is 5.87. The number of thiol groups is 2. The smallest absolute Gasteiger partial charge is 0.250 e. The third-order valence-electron chi connectivity index (χ3n) is 5.33. The molecule has 0 saturated heterocycles. The molecule has 1 aromatic rings. The normalized spacial score (nSPS) is 12.8. The van der Waals surface area contributed by atoms with E-state index in [0.29, 0.717) is 50.6 Å². The predicted octanol–water partition coefficient (Wildman–Crippen LogP) is 2.86. The maximum atomic E-state index is 12.4. The van der Waals surface area contributed by atoms with Crippen LogP contribution in [0.2, 0.25) is 0 Å². The number of hydrogen-bond donors (Lipinski definition) is 6. The monoisotopic (exact) mass is 516 g/mol. The van der Waals surface area contributed by atoms with Gasteiger partial charge in [-0.15, -0.1) is 11.8 Å². The number of amides is 2. The van der Waals surface area contributed by atoms with Crippen LogP contribution in [0.3, 0.4) is 0 Å². The fraction of sp³-hybridized carbons (Fsp3) is 0.652. The van der Waals surface area contributed by atoms with Crippen molar-refractivity contribution in [2.75, 3.05) is 32.5 Å². The summed E-state index contributed by atoms with van der Waals surface area (Å²) in [5.41, 5.74) is 14.0. The molecule has 0 spiro atoms. The first kappa shape index (κ1) is 30.0. The average molecular weight is 517 g/mol. The maximum absolute atomic E-state index is 12.4. The van der Waals surface area contributed by atoms with E-state index < -0.39 is 4.87 Å². The Morgan fingerprint density at radius 1 is 1.03 bits per heavy atom. The first-order valence-electron chi connectivity index (χ1n) is 11.5. The summed E-state index contributed by atoms with van der Waals surface area (Å²) < 4.78 is 5.71. The second kappa shape index (κ2) is 17.4. The van der Waals surface area contributed by atoms with E-state index in [2.05, 4.69) is 35.9 Å². The Morgan fingerprint density at radius 3 is 2.45 bits per heavy atom. The van der Waals surface area contributed by atoms with E-state index >= 15 is 0 Å². The van der Waals surface area contributed by atoms with Crippen LogP contribution >= 0.6 is 37.0 Å². The van der Waals surface area contributed by atoms with Crippen LogP contribution in [0.5, 0.6) is 5.75 Å². The van der Waals surface area contributed by atoms with E-state index in [-0.39, 0.29) is 11.8 Å². The van der Waals surface area contributed by atoms with Gasteiger partial charge in [-0.25, -0.2) is 0 Å². The molecule has 0 bridgehead atoms. The molecule has 0 aliphatic heterocycles. The zero-order chi connectivity index (χ0) is 24.5. The number of ether oxygens (including phenoxy) is 1. The predicted molar refractivity (Wildman–Crippen MR) is 145 cm³/mol. The minimum Gasteiger partial charge on any atom is -0.492 e. The average Bonchev–Trinajstić information content (AvgIpc) is 2.83. The van der Waals surface area contributed by atoms with Gasteiger partial charge in [0.25, 0.3) is 0 Å². The van der Waals surface area contributed by atoms with Crippen molar-refractivity contribution in [1.82, 2.24) is 10.6 Å². The Balaban J connectivity index is 2.13. The number of thioether (sulfide) groups is 1. The van der Waals surface area contributed by atoms with Crippen molar-refractivity contribution in [3.63, 3.8) is 0 Å². The number of nitrogens with one attached hydrogen (secondary N) is 2. The molecule has 0 heterocycles. The Bertz CT molecular complexity index is 724. The van der Waals surface area contributed by atoms with Gasteiger partial charge >= 0.3 is 0 Å². The first-order valence-corrected chi connectivity index (χ1v) is 13.9. The van der Waals surface area contributed by atoms with Gasteiger partial charge in [-0.1, -0.05) is 12.5 Å². The molecule has 1 unspecified atom stereocenters. The van der Waals surface area contributed by atoms with Gasteiger partial charge in [0.2, 0.25) is 11.8 Å². The molecule has 33 heavy (non-hydrogen) atoms. The second-order valence-electron chi connectivity index (χ2n) is 7.85. The quantitative estimate of drug-likeness (QED) is 0.101. The van der Waals surface area contributed by atoms with E-state index in [1.807, 2.05) is 24.5 Å². The summed E-state index contributed by atoms with van der Waals surface area (Å²) in [4.78, 5) is 23.5. The van der Waals surface area contributed by atoms with Gasteiger partial charge < -0.3 is 26.8 Å². The zero-order valence-electron chi connectivity index (χ0n) is 19.6. The minimum absolute atomic E-state index is 0.00682. The molecule has 6 N–H and O–H groups in total. The van der Waals surface area contributed by atoms with Crippen LogP contribution in [0.4, 0.5) is 0 Å². The Kier molecular flexibility index (Phi) is 15.8. The molecule has 7 nitrogen and oxygen atoms in total. The van der Waals surface area contributed by atoms with Crippen LogP contribution in [-0.4, -0.2) is 49.2 Å². The van der Waals surface area contributed by atoms with E-state index in [1.54, 1.807) is 0 Å². The lowest BCUT2D eigenvalue weighted by Gasteiger charge is -2.26. The molecule has 10 heteroatoms. The molecule has 1 rings (SSSR count). The molecule has 0 aliphatic rings. The van der Waals surface area contributed by atoms with E-state index in [4.69, 9.17) is 16.2 Å². The van der Waals surface area contributed by atoms with Gasteiger partial charge in [0, 0.05) is 24.5 Å². The topological polar surface area (TPSA) is 119 Å². The molecule has 188 valence electrons. The molecular formula is C23H40N4O3S3. The third kappa shape index (κ3) is 11.8. The highest BCUT2D eigenvalue weighted by atomic mass is 32.2. The number of nitrogens with two attached hydrogens (primary N) is 2. The van der Waals surface area contributed by atoms with Crippen LogP contribution in [0.15, 0.2) is 18.2 Å². The fourth-order valence-corrected chi connectivity index (χ4v) is 4.43. The number of unbranched alkanes of at least 4 members (excludes halogenated alkanes) is 3. The number of carbonyl (C=O) groups is 2. The van der Waals surface area contributed by atoms with Crippen LogP contribution in [0, 0.1) is 0 Å². The highest BCUT2D eigenvalue weighted by Gasteiger charge is 2.31. The lowest BCUT2D eigenvalue weighted by Crippen LogP contribution is -2.51. The van der Waals surface area contributed by atoms with Crippen molar-refractivity contribution in [2.45, 2.75) is 61.3 Å². The number of hydrogen-bond acceptors (Lipinski definition) is 8. The highest BCUT2D eigenvalue weighted by Crippen LogP contribution is 2.23. The Hall–Kier alpha value is -1.07. The molecule has 0 aliphatic carbocycles. The van der Waals surface area contributed by atoms with Gasteiger partial charge in [0.1, 0.15) is 17.2 Å². The Labute approximate surface area is 213 Å². The number of benzene rings is 1. The number of rotatable bonds is 18. The molecule has 2 amide bonds. The molecule has 0 saturated carbocycles. The highest BCUT2D eigenvalue weighted by molar-refractivity contribution is 8.00. The molecule has 1 aromatic carbocycles. The Morgan fingerprint density at radius 2 is 1.79 bits per heavy atom.